The Kier molecular flexibility index (Phi) is 4.59. The Labute approximate surface area is 152 Å². The Morgan fingerprint density at radius 1 is 1.44 bits per heavy atom. The molecule has 1 aromatic carbocycles. The van der Waals surface area contributed by atoms with Gasteiger partial charge < -0.3 is 24.7 Å². The predicted molar refractivity (Wildman–Crippen MR) is 90.3 cm³/mol. The number of esters is 1. The van der Waals surface area contributed by atoms with Gasteiger partial charge in [0.05, 0.1) is 18.1 Å². The van der Waals surface area contributed by atoms with Crippen molar-refractivity contribution in [3.8, 4) is 17.6 Å². The normalized spacial score (nSPS) is 18.7. The Morgan fingerprint density at radius 3 is 2.76 bits per heavy atom. The average Bonchev–Trinajstić information content (AvgIpc) is 3.00. The second-order valence-corrected chi connectivity index (χ2v) is 6.20. The molecule has 0 saturated carbocycles. The van der Waals surface area contributed by atoms with Crippen molar-refractivity contribution in [1.82, 2.24) is 0 Å². The minimum Gasteiger partial charge on any atom is -0.463 e. The van der Waals surface area contributed by atoms with Crippen LogP contribution < -0.4 is 15.2 Å². The topological polar surface area (TPSA) is 104 Å². The van der Waals surface area contributed by atoms with E-state index in [4.69, 9.17) is 24.7 Å². The zero-order valence-electron chi connectivity index (χ0n) is 13.6. The van der Waals surface area contributed by atoms with E-state index in [2.05, 4.69) is 15.9 Å². The van der Waals surface area contributed by atoms with Crippen LogP contribution >= 0.6 is 15.9 Å². The molecular weight excluding hydrogens is 392 g/mol. The highest BCUT2D eigenvalue weighted by atomic mass is 79.9. The van der Waals surface area contributed by atoms with Crippen molar-refractivity contribution in [2.75, 3.05) is 13.4 Å². The SMILES string of the molecule is CCOC(=O)C1=C(C)OC(N)=C(C#N)[C@@H]1c1cc2c(cc1Br)OCO2. The number of allylic oxidation sites excluding steroid dienone is 2. The van der Waals surface area contributed by atoms with Gasteiger partial charge in [0.15, 0.2) is 11.5 Å². The molecule has 0 unspecified atom stereocenters. The van der Waals surface area contributed by atoms with Gasteiger partial charge in [-0.05, 0) is 31.5 Å². The van der Waals surface area contributed by atoms with Crippen LogP contribution in [0.25, 0.3) is 0 Å². The van der Waals surface area contributed by atoms with Gasteiger partial charge in [0.2, 0.25) is 12.7 Å². The summed E-state index contributed by atoms with van der Waals surface area (Å²) in [5.41, 5.74) is 6.88. The van der Waals surface area contributed by atoms with Crippen LogP contribution in [0.4, 0.5) is 0 Å². The van der Waals surface area contributed by atoms with Crippen molar-refractivity contribution in [2.45, 2.75) is 19.8 Å². The number of benzene rings is 1. The van der Waals surface area contributed by atoms with E-state index < -0.39 is 11.9 Å². The Bertz CT molecular complexity index is 853. The second-order valence-electron chi connectivity index (χ2n) is 5.34. The van der Waals surface area contributed by atoms with Crippen LogP contribution in [0.3, 0.4) is 0 Å². The quantitative estimate of drug-likeness (QED) is 0.769. The molecule has 0 amide bonds. The summed E-state index contributed by atoms with van der Waals surface area (Å²) in [6.45, 7) is 3.63. The van der Waals surface area contributed by atoms with Crippen LogP contribution in [-0.4, -0.2) is 19.4 Å². The van der Waals surface area contributed by atoms with Gasteiger partial charge in [-0.25, -0.2) is 4.79 Å². The number of hydrogen-bond donors (Lipinski definition) is 1. The monoisotopic (exact) mass is 406 g/mol. The first-order valence-corrected chi connectivity index (χ1v) is 8.31. The predicted octanol–water partition coefficient (Wildman–Crippen LogP) is 2.82. The van der Waals surface area contributed by atoms with E-state index in [0.717, 1.165) is 0 Å². The average molecular weight is 407 g/mol. The molecule has 2 heterocycles. The zero-order chi connectivity index (χ0) is 18.1. The lowest BCUT2D eigenvalue weighted by atomic mass is 9.83. The van der Waals surface area contributed by atoms with Gasteiger partial charge in [-0.3, -0.25) is 0 Å². The minimum atomic E-state index is -0.735. The second kappa shape index (κ2) is 6.69. The van der Waals surface area contributed by atoms with Crippen LogP contribution in [0.5, 0.6) is 11.5 Å². The first-order valence-electron chi connectivity index (χ1n) is 7.52. The van der Waals surface area contributed by atoms with Gasteiger partial charge in [-0.15, -0.1) is 0 Å². The van der Waals surface area contributed by atoms with Crippen LogP contribution in [0.1, 0.15) is 25.3 Å². The lowest BCUT2D eigenvalue weighted by Gasteiger charge is -2.27. The van der Waals surface area contributed by atoms with Crippen molar-refractivity contribution < 1.29 is 23.7 Å². The summed E-state index contributed by atoms with van der Waals surface area (Å²) in [4.78, 5) is 12.5. The number of carbonyl (C=O) groups is 1. The van der Waals surface area contributed by atoms with Gasteiger partial charge in [0.25, 0.3) is 0 Å². The number of rotatable bonds is 3. The molecule has 2 N–H and O–H groups in total. The fourth-order valence-corrected chi connectivity index (χ4v) is 3.37. The maximum atomic E-state index is 12.5. The number of nitrogens with zero attached hydrogens (tertiary/aromatic N) is 1. The first kappa shape index (κ1) is 17.2. The number of nitriles is 1. The number of carbonyl (C=O) groups excluding carboxylic acids is 1. The third-order valence-electron chi connectivity index (χ3n) is 3.90. The molecule has 0 saturated heterocycles. The van der Waals surface area contributed by atoms with E-state index in [0.29, 0.717) is 27.3 Å². The van der Waals surface area contributed by atoms with Crippen molar-refractivity contribution >= 4 is 21.9 Å². The molecule has 1 atom stereocenters. The third-order valence-corrected chi connectivity index (χ3v) is 4.59. The standard InChI is InChI=1S/C17H15BrN2O5/c1-3-22-17(21)14-8(2)25-16(20)10(6-19)15(14)9-4-12-13(5-11(9)18)24-7-23-12/h4-5,15H,3,7,20H2,1-2H3/t15-/m0/s1. The molecule has 0 spiro atoms. The fourth-order valence-electron chi connectivity index (χ4n) is 2.82. The summed E-state index contributed by atoms with van der Waals surface area (Å²) < 4.78 is 22.0. The first-order chi connectivity index (χ1) is 12.0. The lowest BCUT2D eigenvalue weighted by Crippen LogP contribution is -2.25. The molecule has 0 fully saturated rings. The molecule has 0 aliphatic carbocycles. The Morgan fingerprint density at radius 2 is 2.12 bits per heavy atom. The van der Waals surface area contributed by atoms with Gasteiger partial charge >= 0.3 is 5.97 Å². The van der Waals surface area contributed by atoms with Crippen LogP contribution in [0.2, 0.25) is 0 Å². The molecule has 3 rings (SSSR count). The van der Waals surface area contributed by atoms with E-state index in [1.54, 1.807) is 26.0 Å². The maximum absolute atomic E-state index is 12.5. The maximum Gasteiger partial charge on any atom is 0.338 e. The third kappa shape index (κ3) is 2.91. The summed E-state index contributed by atoms with van der Waals surface area (Å²) in [5.74, 6) is 0.0709. The molecule has 7 nitrogen and oxygen atoms in total. The van der Waals surface area contributed by atoms with Crippen molar-refractivity contribution in [3.05, 3.63) is 45.0 Å². The van der Waals surface area contributed by atoms with Crippen molar-refractivity contribution in [2.24, 2.45) is 5.73 Å². The number of hydrogen-bond acceptors (Lipinski definition) is 7. The minimum absolute atomic E-state index is 0.0392. The van der Waals surface area contributed by atoms with E-state index in [-0.39, 0.29) is 30.4 Å². The van der Waals surface area contributed by atoms with Crippen LogP contribution in [0.15, 0.2) is 39.4 Å². The Hall–Kier alpha value is -2.66. The van der Waals surface area contributed by atoms with E-state index in [1.165, 1.54) is 0 Å². The molecule has 0 aromatic heterocycles. The van der Waals surface area contributed by atoms with Gasteiger partial charge in [-0.2, -0.15) is 5.26 Å². The Balaban J connectivity index is 2.19. The lowest BCUT2D eigenvalue weighted by molar-refractivity contribution is -0.139. The van der Waals surface area contributed by atoms with E-state index in [9.17, 15) is 10.1 Å². The van der Waals surface area contributed by atoms with Crippen LogP contribution in [0, 0.1) is 11.3 Å². The zero-order valence-corrected chi connectivity index (χ0v) is 15.2. The highest BCUT2D eigenvalue weighted by Gasteiger charge is 2.38. The molecule has 2 aliphatic heterocycles. The molecule has 1 aromatic rings. The van der Waals surface area contributed by atoms with Crippen molar-refractivity contribution in [3.63, 3.8) is 0 Å². The van der Waals surface area contributed by atoms with Gasteiger partial charge in [0, 0.05) is 4.47 Å². The van der Waals surface area contributed by atoms with Crippen molar-refractivity contribution in [1.29, 1.82) is 5.26 Å². The highest BCUT2D eigenvalue weighted by Crippen LogP contribution is 2.46. The molecular formula is C17H15BrN2O5. The number of nitrogens with two attached hydrogens (primary N) is 1. The molecule has 130 valence electrons. The van der Waals surface area contributed by atoms with Gasteiger partial charge in [-0.1, -0.05) is 15.9 Å². The van der Waals surface area contributed by atoms with Crippen LogP contribution in [-0.2, 0) is 14.3 Å². The summed E-state index contributed by atoms with van der Waals surface area (Å²) in [6.07, 6.45) is 0. The smallest absolute Gasteiger partial charge is 0.338 e. The summed E-state index contributed by atoms with van der Waals surface area (Å²) in [7, 11) is 0. The van der Waals surface area contributed by atoms with E-state index in [1.807, 2.05) is 6.07 Å². The molecule has 8 heteroatoms. The number of halogens is 1. The number of fused-ring (bicyclic) bond motifs is 1. The molecule has 0 bridgehead atoms. The fraction of sp³-hybridized carbons (Fsp3) is 0.294. The summed E-state index contributed by atoms with van der Waals surface area (Å²) >= 11 is 3.47. The summed E-state index contributed by atoms with van der Waals surface area (Å²) in [6, 6.07) is 5.49. The largest absolute Gasteiger partial charge is 0.463 e. The van der Waals surface area contributed by atoms with E-state index >= 15 is 0 Å². The number of ether oxygens (including phenoxy) is 4. The molecule has 2 aliphatic rings. The molecule has 25 heavy (non-hydrogen) atoms. The highest BCUT2D eigenvalue weighted by molar-refractivity contribution is 9.10. The van der Waals surface area contributed by atoms with Gasteiger partial charge in [0.1, 0.15) is 17.4 Å². The summed E-state index contributed by atoms with van der Waals surface area (Å²) in [5, 5.41) is 9.58. The molecule has 0 radical (unpaired) electrons.